The summed E-state index contributed by atoms with van der Waals surface area (Å²) in [5, 5.41) is 9.51. The van der Waals surface area contributed by atoms with Gasteiger partial charge in [0.25, 0.3) is 0 Å². The van der Waals surface area contributed by atoms with Crippen molar-refractivity contribution >= 4 is 0 Å². The van der Waals surface area contributed by atoms with Crippen LogP contribution in [-0.4, -0.2) is 24.3 Å². The molecule has 0 spiro atoms. The number of hydrogen-bond acceptors (Lipinski definition) is 1. The lowest BCUT2D eigenvalue weighted by molar-refractivity contribution is -0.944. The Morgan fingerprint density at radius 1 is 0.905 bits per heavy atom. The first-order valence-electron chi connectivity index (χ1n) is 7.96. The van der Waals surface area contributed by atoms with Crippen LogP contribution in [0.5, 0.6) is 0 Å². The molecule has 2 aromatic carbocycles. The molecule has 0 aromatic heterocycles. The molecule has 2 heteroatoms. The first kappa shape index (κ1) is 14.3. The number of likely N-dealkylation sites (tertiary alicyclic amines) is 1. The van der Waals surface area contributed by atoms with E-state index in [9.17, 15) is 5.11 Å². The van der Waals surface area contributed by atoms with Crippen LogP contribution >= 0.6 is 0 Å². The minimum Gasteiger partial charge on any atom is -0.390 e. The molecule has 2 aromatic rings. The molecular weight excluding hydrogens is 258 g/mol. The molecule has 0 saturated carbocycles. The molecule has 21 heavy (non-hydrogen) atoms. The average molecular weight is 282 g/mol. The molecule has 0 aliphatic carbocycles. The van der Waals surface area contributed by atoms with Crippen molar-refractivity contribution < 1.29 is 10.0 Å². The van der Waals surface area contributed by atoms with E-state index in [0.717, 1.165) is 13.0 Å². The van der Waals surface area contributed by atoms with Crippen LogP contribution in [0.4, 0.5) is 0 Å². The fourth-order valence-corrected chi connectivity index (χ4v) is 3.31. The Balaban J connectivity index is 1.69. The van der Waals surface area contributed by atoms with Crippen LogP contribution in [-0.2, 0) is 6.54 Å². The van der Waals surface area contributed by atoms with Crippen molar-refractivity contribution in [3.05, 3.63) is 60.2 Å². The molecule has 0 bridgehead atoms. The lowest BCUT2D eigenvalue weighted by atomic mass is 10.0. The minimum absolute atomic E-state index is 0.317. The fourth-order valence-electron chi connectivity index (χ4n) is 3.31. The van der Waals surface area contributed by atoms with Crippen LogP contribution in [0.1, 0.15) is 24.8 Å². The van der Waals surface area contributed by atoms with Crippen molar-refractivity contribution in [2.45, 2.75) is 31.8 Å². The van der Waals surface area contributed by atoms with Gasteiger partial charge in [-0.05, 0) is 24.0 Å². The number of piperidine rings is 1. The van der Waals surface area contributed by atoms with E-state index >= 15 is 0 Å². The Morgan fingerprint density at radius 2 is 1.62 bits per heavy atom. The maximum atomic E-state index is 9.51. The summed E-state index contributed by atoms with van der Waals surface area (Å²) >= 11 is 0. The predicted molar refractivity (Wildman–Crippen MR) is 86.1 cm³/mol. The third-order valence-electron chi connectivity index (χ3n) is 4.59. The Labute approximate surface area is 127 Å². The van der Waals surface area contributed by atoms with Gasteiger partial charge in [-0.3, -0.25) is 0 Å². The normalized spacial score (nSPS) is 22.1. The van der Waals surface area contributed by atoms with Crippen LogP contribution in [0.2, 0.25) is 0 Å². The molecule has 2 N–H and O–H groups in total. The van der Waals surface area contributed by atoms with Gasteiger partial charge in [0.2, 0.25) is 0 Å². The summed E-state index contributed by atoms with van der Waals surface area (Å²) in [6.45, 7) is 2.53. The number of hydrogen-bond donors (Lipinski definition) is 2. The van der Waals surface area contributed by atoms with E-state index in [0.29, 0.717) is 12.6 Å². The predicted octanol–water partition coefficient (Wildman–Crippen LogP) is 2.28. The maximum absolute atomic E-state index is 9.51. The van der Waals surface area contributed by atoms with Gasteiger partial charge in [-0.2, -0.15) is 0 Å². The number of aliphatic hydroxyl groups is 1. The molecule has 3 rings (SSSR count). The van der Waals surface area contributed by atoms with Gasteiger partial charge < -0.3 is 10.0 Å². The highest BCUT2D eigenvalue weighted by molar-refractivity contribution is 5.63. The van der Waals surface area contributed by atoms with Crippen molar-refractivity contribution in [2.24, 2.45) is 0 Å². The van der Waals surface area contributed by atoms with E-state index in [1.54, 1.807) is 0 Å². The van der Waals surface area contributed by atoms with Gasteiger partial charge >= 0.3 is 0 Å². The van der Waals surface area contributed by atoms with Gasteiger partial charge in [-0.15, -0.1) is 0 Å². The summed E-state index contributed by atoms with van der Waals surface area (Å²) in [5.74, 6) is 0. The summed E-state index contributed by atoms with van der Waals surface area (Å²) in [6.07, 6.45) is 3.71. The lowest BCUT2D eigenvalue weighted by Crippen LogP contribution is -3.15. The third kappa shape index (κ3) is 3.52. The second-order valence-corrected chi connectivity index (χ2v) is 6.02. The SMILES string of the molecule is OC[C@H]1CCCC[NH+]1Cc1ccc(-c2ccccc2)cc1. The number of aliphatic hydroxyl groups excluding tert-OH is 1. The molecule has 1 fully saturated rings. The molecule has 1 heterocycles. The van der Waals surface area contributed by atoms with Crippen LogP contribution < -0.4 is 4.90 Å². The van der Waals surface area contributed by atoms with Crippen molar-refractivity contribution in [3.8, 4) is 11.1 Å². The van der Waals surface area contributed by atoms with Crippen LogP contribution in [0, 0.1) is 0 Å². The third-order valence-corrected chi connectivity index (χ3v) is 4.59. The average Bonchev–Trinajstić information content (AvgIpc) is 2.57. The van der Waals surface area contributed by atoms with Crippen molar-refractivity contribution in [2.75, 3.05) is 13.2 Å². The zero-order chi connectivity index (χ0) is 14.5. The van der Waals surface area contributed by atoms with E-state index in [2.05, 4.69) is 48.5 Å². The zero-order valence-electron chi connectivity index (χ0n) is 12.5. The lowest BCUT2D eigenvalue weighted by Gasteiger charge is -2.31. The Bertz CT molecular complexity index is 550. The Hall–Kier alpha value is -1.64. The van der Waals surface area contributed by atoms with E-state index in [1.807, 2.05) is 6.07 Å². The second-order valence-electron chi connectivity index (χ2n) is 6.02. The molecule has 110 valence electrons. The van der Waals surface area contributed by atoms with Crippen LogP contribution in [0.25, 0.3) is 11.1 Å². The van der Waals surface area contributed by atoms with E-state index in [1.165, 1.54) is 41.0 Å². The Morgan fingerprint density at radius 3 is 2.33 bits per heavy atom. The van der Waals surface area contributed by atoms with Crippen LogP contribution in [0.15, 0.2) is 54.6 Å². The van der Waals surface area contributed by atoms with Gasteiger partial charge in [-0.25, -0.2) is 0 Å². The summed E-state index contributed by atoms with van der Waals surface area (Å²) in [4.78, 5) is 1.54. The Kier molecular flexibility index (Phi) is 4.69. The largest absolute Gasteiger partial charge is 0.390 e. The topological polar surface area (TPSA) is 24.7 Å². The molecule has 0 amide bonds. The quantitative estimate of drug-likeness (QED) is 0.883. The highest BCUT2D eigenvalue weighted by Crippen LogP contribution is 2.19. The van der Waals surface area contributed by atoms with Gasteiger partial charge in [0, 0.05) is 12.0 Å². The summed E-state index contributed by atoms with van der Waals surface area (Å²) in [5.41, 5.74) is 3.90. The van der Waals surface area contributed by atoms with Crippen molar-refractivity contribution in [1.29, 1.82) is 0 Å². The van der Waals surface area contributed by atoms with E-state index in [4.69, 9.17) is 0 Å². The van der Waals surface area contributed by atoms with Crippen LogP contribution in [0.3, 0.4) is 0 Å². The number of quaternary nitrogens is 1. The molecular formula is C19H24NO+. The van der Waals surface area contributed by atoms with Gasteiger partial charge in [0.1, 0.15) is 12.6 Å². The first-order valence-corrected chi connectivity index (χ1v) is 7.96. The maximum Gasteiger partial charge on any atom is 0.111 e. The molecule has 2 nitrogen and oxygen atoms in total. The molecule has 2 atom stereocenters. The highest BCUT2D eigenvalue weighted by Gasteiger charge is 2.25. The smallest absolute Gasteiger partial charge is 0.111 e. The number of benzene rings is 2. The van der Waals surface area contributed by atoms with Gasteiger partial charge in [-0.1, -0.05) is 54.6 Å². The summed E-state index contributed by atoms with van der Waals surface area (Å²) < 4.78 is 0. The monoisotopic (exact) mass is 282 g/mol. The first-order chi connectivity index (χ1) is 10.4. The zero-order valence-corrected chi connectivity index (χ0v) is 12.5. The van der Waals surface area contributed by atoms with Gasteiger partial charge in [0.05, 0.1) is 13.2 Å². The standard InChI is InChI=1S/C19H23NO/c21-15-19-8-4-5-13-20(19)14-16-9-11-18(12-10-16)17-6-2-1-3-7-17/h1-3,6-7,9-12,19,21H,4-5,8,13-15H2/p+1/t19-/m1/s1. The summed E-state index contributed by atoms with van der Waals surface area (Å²) in [6, 6.07) is 19.8. The summed E-state index contributed by atoms with van der Waals surface area (Å²) in [7, 11) is 0. The number of nitrogens with one attached hydrogen (secondary N) is 1. The van der Waals surface area contributed by atoms with Crippen molar-refractivity contribution in [1.82, 2.24) is 0 Å². The number of rotatable bonds is 4. The van der Waals surface area contributed by atoms with Crippen molar-refractivity contribution in [3.63, 3.8) is 0 Å². The molecule has 1 aliphatic rings. The molecule has 1 aliphatic heterocycles. The second kappa shape index (κ2) is 6.88. The molecule has 1 unspecified atom stereocenters. The van der Waals surface area contributed by atoms with E-state index < -0.39 is 0 Å². The molecule has 0 radical (unpaired) electrons. The highest BCUT2D eigenvalue weighted by atomic mass is 16.3. The van der Waals surface area contributed by atoms with Gasteiger partial charge in [0.15, 0.2) is 0 Å². The minimum atomic E-state index is 0.317. The molecule has 1 saturated heterocycles. The fraction of sp³-hybridized carbons (Fsp3) is 0.368. The van der Waals surface area contributed by atoms with E-state index in [-0.39, 0.29) is 0 Å².